The van der Waals surface area contributed by atoms with E-state index in [2.05, 4.69) is 4.90 Å². The molecule has 2 aliphatic rings. The van der Waals surface area contributed by atoms with E-state index in [-0.39, 0.29) is 24.8 Å². The number of carbonyl (C=O) groups is 2. The molecule has 1 aromatic heterocycles. The lowest BCUT2D eigenvalue weighted by atomic mass is 9.94. The van der Waals surface area contributed by atoms with Crippen molar-refractivity contribution in [2.75, 3.05) is 26.2 Å². The summed E-state index contributed by atoms with van der Waals surface area (Å²) < 4.78 is 1.68. The highest BCUT2D eigenvalue weighted by molar-refractivity contribution is 6.30. The second kappa shape index (κ2) is 10.8. The van der Waals surface area contributed by atoms with E-state index in [1.54, 1.807) is 28.8 Å². The van der Waals surface area contributed by atoms with Gasteiger partial charge in [0.2, 0.25) is 5.91 Å². The van der Waals surface area contributed by atoms with Crippen molar-refractivity contribution in [2.24, 2.45) is 0 Å². The Balaban J connectivity index is 1.39. The number of rotatable bonds is 5. The summed E-state index contributed by atoms with van der Waals surface area (Å²) in [5, 5.41) is 11.1. The predicted molar refractivity (Wildman–Crippen MR) is 143 cm³/mol. The quantitative estimate of drug-likeness (QED) is 0.538. The highest BCUT2D eigenvalue weighted by Gasteiger charge is 2.28. The van der Waals surface area contributed by atoms with Crippen molar-refractivity contribution in [3.63, 3.8) is 0 Å². The monoisotopic (exact) mass is 507 g/mol. The first-order valence-electron chi connectivity index (χ1n) is 13.0. The van der Waals surface area contributed by atoms with Crippen LogP contribution in [0.15, 0.2) is 42.5 Å². The average Bonchev–Trinajstić information content (AvgIpc) is 3.19. The molecule has 0 radical (unpaired) electrons. The van der Waals surface area contributed by atoms with Gasteiger partial charge < -0.3 is 10.0 Å². The fourth-order valence-electron chi connectivity index (χ4n) is 5.88. The molecule has 5 rings (SSSR count). The van der Waals surface area contributed by atoms with E-state index in [0.717, 1.165) is 53.9 Å². The van der Waals surface area contributed by atoms with Crippen LogP contribution in [0, 0.1) is 6.92 Å². The zero-order valence-electron chi connectivity index (χ0n) is 20.9. The van der Waals surface area contributed by atoms with E-state index < -0.39 is 0 Å². The molecule has 2 fully saturated rings. The molecule has 1 saturated carbocycles. The number of fused-ring (bicyclic) bond motifs is 1. The number of benzene rings is 2. The SMILES string of the molecule is Cc1c(CC(=O)N2CCN(C3CCCCC3)CC2)c2cc(CO)ccc2n1C(=O)c1ccc(Cl)cc1. The van der Waals surface area contributed by atoms with Gasteiger partial charge in [-0.2, -0.15) is 0 Å². The van der Waals surface area contributed by atoms with Crippen LogP contribution < -0.4 is 0 Å². The van der Waals surface area contributed by atoms with Crippen molar-refractivity contribution in [1.82, 2.24) is 14.4 Å². The summed E-state index contributed by atoms with van der Waals surface area (Å²) in [5.41, 5.74) is 3.64. The van der Waals surface area contributed by atoms with Gasteiger partial charge in [0.1, 0.15) is 0 Å². The molecule has 1 aliphatic carbocycles. The first-order chi connectivity index (χ1) is 17.5. The Morgan fingerprint density at radius 2 is 1.67 bits per heavy atom. The van der Waals surface area contributed by atoms with E-state index in [0.29, 0.717) is 16.6 Å². The van der Waals surface area contributed by atoms with Gasteiger partial charge in [-0.05, 0) is 67.3 Å². The molecule has 2 aromatic carbocycles. The van der Waals surface area contributed by atoms with Gasteiger partial charge in [-0.15, -0.1) is 0 Å². The highest BCUT2D eigenvalue weighted by Crippen LogP contribution is 2.30. The summed E-state index contributed by atoms with van der Waals surface area (Å²) in [6.07, 6.45) is 6.78. The van der Waals surface area contributed by atoms with Crippen LogP contribution in [0.5, 0.6) is 0 Å². The zero-order valence-corrected chi connectivity index (χ0v) is 21.6. The normalized spacial score (nSPS) is 17.6. The minimum absolute atomic E-state index is 0.0915. The van der Waals surface area contributed by atoms with Crippen LogP contribution in [0.25, 0.3) is 10.9 Å². The number of amides is 1. The van der Waals surface area contributed by atoms with Gasteiger partial charge in [0.05, 0.1) is 18.5 Å². The van der Waals surface area contributed by atoms with Crippen LogP contribution in [-0.4, -0.2) is 63.5 Å². The van der Waals surface area contributed by atoms with Crippen molar-refractivity contribution in [1.29, 1.82) is 0 Å². The number of piperazine rings is 1. The van der Waals surface area contributed by atoms with E-state index in [1.807, 2.05) is 30.0 Å². The molecule has 190 valence electrons. The van der Waals surface area contributed by atoms with E-state index in [9.17, 15) is 14.7 Å². The highest BCUT2D eigenvalue weighted by atomic mass is 35.5. The van der Waals surface area contributed by atoms with Crippen LogP contribution in [0.4, 0.5) is 0 Å². The molecular weight excluding hydrogens is 474 g/mol. The average molecular weight is 508 g/mol. The van der Waals surface area contributed by atoms with Crippen molar-refractivity contribution in [2.45, 2.75) is 58.1 Å². The molecular formula is C29H34ClN3O3. The Bertz CT molecular complexity index is 1250. The molecule has 1 aliphatic heterocycles. The molecule has 7 heteroatoms. The Morgan fingerprint density at radius 1 is 0.972 bits per heavy atom. The summed E-state index contributed by atoms with van der Waals surface area (Å²) >= 11 is 6.02. The third-order valence-corrected chi connectivity index (χ3v) is 8.21. The standard InChI is InChI=1S/C29H34ClN3O3/c1-20-25(18-28(35)32-15-13-31(14-16-32)24-5-3-2-4-6-24)26-17-21(19-34)7-12-27(26)33(20)29(36)22-8-10-23(30)11-9-22/h7-12,17,24,34H,2-6,13-16,18-19H2,1H3. The van der Waals surface area contributed by atoms with Crippen molar-refractivity contribution >= 4 is 34.3 Å². The molecule has 1 amide bonds. The van der Waals surface area contributed by atoms with Crippen LogP contribution in [0.3, 0.4) is 0 Å². The summed E-state index contributed by atoms with van der Waals surface area (Å²) in [6, 6.07) is 13.1. The molecule has 6 nitrogen and oxygen atoms in total. The molecule has 0 unspecified atom stereocenters. The maximum absolute atomic E-state index is 13.5. The summed E-state index contributed by atoms with van der Waals surface area (Å²) in [6.45, 7) is 5.16. The molecule has 1 saturated heterocycles. The van der Waals surface area contributed by atoms with E-state index in [1.165, 1.54) is 32.1 Å². The topological polar surface area (TPSA) is 65.8 Å². The Labute approximate surface area is 217 Å². The number of carbonyl (C=O) groups excluding carboxylic acids is 2. The van der Waals surface area contributed by atoms with Crippen molar-refractivity contribution in [3.8, 4) is 0 Å². The fraction of sp³-hybridized carbons (Fsp3) is 0.448. The summed E-state index contributed by atoms with van der Waals surface area (Å²) in [7, 11) is 0. The first-order valence-corrected chi connectivity index (χ1v) is 13.4. The number of halogens is 1. The Hall–Kier alpha value is -2.67. The lowest BCUT2D eigenvalue weighted by Crippen LogP contribution is -2.52. The minimum atomic E-state index is -0.161. The van der Waals surface area contributed by atoms with Gasteiger partial charge >= 0.3 is 0 Å². The number of hydrogen-bond donors (Lipinski definition) is 1. The molecule has 0 atom stereocenters. The van der Waals surface area contributed by atoms with Gasteiger partial charge in [-0.25, -0.2) is 0 Å². The van der Waals surface area contributed by atoms with E-state index in [4.69, 9.17) is 11.6 Å². The Morgan fingerprint density at radius 3 is 2.33 bits per heavy atom. The molecule has 36 heavy (non-hydrogen) atoms. The number of nitrogens with zero attached hydrogens (tertiary/aromatic N) is 3. The van der Waals surface area contributed by atoms with Crippen LogP contribution in [-0.2, 0) is 17.8 Å². The molecule has 0 bridgehead atoms. The van der Waals surface area contributed by atoms with Crippen molar-refractivity contribution in [3.05, 3.63) is 69.9 Å². The minimum Gasteiger partial charge on any atom is -0.392 e. The maximum atomic E-state index is 13.5. The van der Waals surface area contributed by atoms with Crippen LogP contribution >= 0.6 is 11.6 Å². The largest absolute Gasteiger partial charge is 0.392 e. The van der Waals surface area contributed by atoms with E-state index >= 15 is 0 Å². The summed E-state index contributed by atoms with van der Waals surface area (Å²) in [5.74, 6) is -0.0699. The lowest BCUT2D eigenvalue weighted by molar-refractivity contribution is -0.132. The van der Waals surface area contributed by atoms with Gasteiger partial charge in [0.15, 0.2) is 0 Å². The second-order valence-electron chi connectivity index (χ2n) is 10.1. The molecule has 2 heterocycles. The summed E-state index contributed by atoms with van der Waals surface area (Å²) in [4.78, 5) is 31.5. The Kier molecular flexibility index (Phi) is 7.47. The van der Waals surface area contributed by atoms with Crippen LogP contribution in [0.1, 0.15) is 59.3 Å². The maximum Gasteiger partial charge on any atom is 0.262 e. The third kappa shape index (κ3) is 4.95. The fourth-order valence-corrected chi connectivity index (χ4v) is 6.01. The van der Waals surface area contributed by atoms with Gasteiger partial charge in [0, 0.05) is 53.9 Å². The number of aromatic nitrogens is 1. The second-order valence-corrected chi connectivity index (χ2v) is 10.5. The lowest BCUT2D eigenvalue weighted by Gasteiger charge is -2.40. The predicted octanol–water partition coefficient (Wildman–Crippen LogP) is 4.80. The van der Waals surface area contributed by atoms with Gasteiger partial charge in [-0.1, -0.05) is 36.9 Å². The number of aliphatic hydroxyl groups excluding tert-OH is 1. The molecule has 1 N–H and O–H groups in total. The van der Waals surface area contributed by atoms with Crippen LogP contribution in [0.2, 0.25) is 5.02 Å². The number of aliphatic hydroxyl groups is 1. The molecule has 0 spiro atoms. The zero-order chi connectivity index (χ0) is 25.2. The van der Waals surface area contributed by atoms with Gasteiger partial charge in [0.25, 0.3) is 5.91 Å². The number of hydrogen-bond acceptors (Lipinski definition) is 4. The van der Waals surface area contributed by atoms with Crippen molar-refractivity contribution < 1.29 is 14.7 Å². The third-order valence-electron chi connectivity index (χ3n) is 7.96. The molecule has 3 aromatic rings. The first kappa shape index (κ1) is 25.0. The smallest absolute Gasteiger partial charge is 0.262 e. The van der Waals surface area contributed by atoms with Gasteiger partial charge in [-0.3, -0.25) is 19.1 Å².